The Morgan fingerprint density at radius 3 is 2.72 bits per heavy atom. The van der Waals surface area contributed by atoms with Crippen molar-refractivity contribution in [1.82, 2.24) is 10.6 Å². The highest BCUT2D eigenvalue weighted by molar-refractivity contribution is 5.94. The number of anilines is 1. The van der Waals surface area contributed by atoms with Crippen LogP contribution in [0.4, 0.5) is 14.9 Å². The second-order valence-electron chi connectivity index (χ2n) is 5.43. The molecule has 1 heterocycles. The van der Waals surface area contributed by atoms with Crippen molar-refractivity contribution in [3.05, 3.63) is 65.5 Å². The van der Waals surface area contributed by atoms with Crippen molar-refractivity contribution >= 4 is 17.6 Å². The van der Waals surface area contributed by atoms with E-state index in [1.807, 2.05) is 24.3 Å². The molecule has 0 spiro atoms. The minimum Gasteiger partial charge on any atom is -0.341 e. The van der Waals surface area contributed by atoms with Gasteiger partial charge in [0.05, 0.1) is 6.54 Å². The smallest absolute Gasteiger partial charge is 0.321 e. The molecule has 126 valence electrons. The van der Waals surface area contributed by atoms with Crippen LogP contribution in [-0.4, -0.2) is 31.6 Å². The highest BCUT2D eigenvalue weighted by atomic mass is 19.1. The lowest BCUT2D eigenvalue weighted by Gasteiger charge is -2.13. The lowest BCUT2D eigenvalue weighted by atomic mass is 10.2. The van der Waals surface area contributed by atoms with Crippen molar-refractivity contribution in [2.75, 3.05) is 24.5 Å². The maximum absolute atomic E-state index is 13.1. The van der Waals surface area contributed by atoms with Crippen LogP contribution in [0, 0.1) is 17.7 Å². The maximum atomic E-state index is 13.1. The molecule has 2 aromatic carbocycles. The Kier molecular flexibility index (Phi) is 4.95. The lowest BCUT2D eigenvalue weighted by molar-refractivity contribution is 0.0958. The molecule has 5 nitrogen and oxygen atoms in total. The summed E-state index contributed by atoms with van der Waals surface area (Å²) in [5.41, 5.74) is 1.86. The Morgan fingerprint density at radius 1 is 1.24 bits per heavy atom. The largest absolute Gasteiger partial charge is 0.341 e. The van der Waals surface area contributed by atoms with E-state index in [2.05, 4.69) is 22.5 Å². The molecule has 6 heteroatoms. The molecular weight excluding hydrogens is 321 g/mol. The first-order valence-corrected chi connectivity index (χ1v) is 7.81. The monoisotopic (exact) mass is 337 g/mol. The van der Waals surface area contributed by atoms with Gasteiger partial charge in [0.1, 0.15) is 5.82 Å². The van der Waals surface area contributed by atoms with Crippen molar-refractivity contribution in [3.63, 3.8) is 0 Å². The fourth-order valence-corrected chi connectivity index (χ4v) is 2.45. The van der Waals surface area contributed by atoms with Gasteiger partial charge in [0, 0.05) is 29.9 Å². The Bertz CT molecular complexity index is 853. The molecule has 1 aliphatic rings. The fourth-order valence-electron chi connectivity index (χ4n) is 2.45. The minimum atomic E-state index is -0.453. The molecule has 1 saturated heterocycles. The van der Waals surface area contributed by atoms with Gasteiger partial charge in [0.2, 0.25) is 0 Å². The molecule has 0 bridgehead atoms. The molecule has 0 aliphatic carbocycles. The van der Waals surface area contributed by atoms with Gasteiger partial charge in [-0.1, -0.05) is 17.9 Å². The molecule has 3 rings (SSSR count). The predicted molar refractivity (Wildman–Crippen MR) is 92.8 cm³/mol. The standard InChI is InChI=1S/C19H16FN3O2/c20-16-5-1-4-15(13-16)18(24)21-10-2-3-14-6-8-17(9-7-14)23-12-11-22-19(23)25/h1,4-9,13H,10-12H2,(H,21,24)(H,22,25). The van der Waals surface area contributed by atoms with Crippen molar-refractivity contribution in [2.45, 2.75) is 0 Å². The quantitative estimate of drug-likeness (QED) is 0.843. The van der Waals surface area contributed by atoms with Crippen LogP contribution in [0.2, 0.25) is 0 Å². The van der Waals surface area contributed by atoms with Crippen LogP contribution in [0.1, 0.15) is 15.9 Å². The third kappa shape index (κ3) is 4.15. The number of nitrogens with one attached hydrogen (secondary N) is 2. The Hall–Kier alpha value is -3.33. The Labute approximate surface area is 144 Å². The van der Waals surface area contributed by atoms with Crippen molar-refractivity contribution in [3.8, 4) is 11.8 Å². The highest BCUT2D eigenvalue weighted by Gasteiger charge is 2.20. The molecule has 0 aromatic heterocycles. The zero-order valence-electron chi connectivity index (χ0n) is 13.4. The summed E-state index contributed by atoms with van der Waals surface area (Å²) < 4.78 is 13.1. The number of carbonyl (C=O) groups excluding carboxylic acids is 2. The molecule has 0 saturated carbocycles. The summed E-state index contributed by atoms with van der Waals surface area (Å²) in [5, 5.41) is 5.37. The zero-order valence-corrected chi connectivity index (χ0v) is 13.4. The number of amides is 3. The van der Waals surface area contributed by atoms with Gasteiger partial charge in [-0.05, 0) is 42.5 Å². The number of hydrogen-bond acceptors (Lipinski definition) is 2. The van der Waals surface area contributed by atoms with Gasteiger partial charge in [-0.25, -0.2) is 9.18 Å². The van der Waals surface area contributed by atoms with E-state index in [0.29, 0.717) is 13.1 Å². The molecule has 25 heavy (non-hydrogen) atoms. The molecule has 0 atom stereocenters. The van der Waals surface area contributed by atoms with Gasteiger partial charge in [-0.3, -0.25) is 9.69 Å². The maximum Gasteiger partial charge on any atom is 0.321 e. The van der Waals surface area contributed by atoms with Crippen molar-refractivity contribution < 1.29 is 14.0 Å². The molecule has 0 unspecified atom stereocenters. The van der Waals surface area contributed by atoms with E-state index in [0.717, 1.165) is 11.3 Å². The predicted octanol–water partition coefficient (Wildman–Crippen LogP) is 2.14. The summed E-state index contributed by atoms with van der Waals surface area (Å²) >= 11 is 0. The van der Waals surface area contributed by atoms with Gasteiger partial charge >= 0.3 is 6.03 Å². The van der Waals surface area contributed by atoms with Crippen LogP contribution in [0.3, 0.4) is 0 Å². The van der Waals surface area contributed by atoms with Gasteiger partial charge in [0.15, 0.2) is 0 Å². The van der Waals surface area contributed by atoms with Crippen LogP contribution >= 0.6 is 0 Å². The molecule has 1 aliphatic heterocycles. The number of benzene rings is 2. The van der Waals surface area contributed by atoms with Crippen molar-refractivity contribution in [2.24, 2.45) is 0 Å². The van der Waals surface area contributed by atoms with E-state index >= 15 is 0 Å². The summed E-state index contributed by atoms with van der Waals surface area (Å²) in [7, 11) is 0. The number of nitrogens with zero attached hydrogens (tertiary/aromatic N) is 1. The first-order valence-electron chi connectivity index (χ1n) is 7.81. The van der Waals surface area contributed by atoms with E-state index in [1.165, 1.54) is 18.2 Å². The normalized spacial score (nSPS) is 13.0. The van der Waals surface area contributed by atoms with Gasteiger partial charge < -0.3 is 10.6 Å². The average Bonchev–Trinajstić information content (AvgIpc) is 3.05. The Morgan fingerprint density at radius 2 is 2.04 bits per heavy atom. The first-order chi connectivity index (χ1) is 12.1. The number of halogens is 1. The number of hydrogen-bond donors (Lipinski definition) is 2. The van der Waals surface area contributed by atoms with Gasteiger partial charge in [-0.15, -0.1) is 0 Å². The third-order valence-corrected chi connectivity index (χ3v) is 3.69. The van der Waals surface area contributed by atoms with E-state index in [1.54, 1.807) is 11.0 Å². The Balaban J connectivity index is 1.55. The highest BCUT2D eigenvalue weighted by Crippen LogP contribution is 2.16. The van der Waals surface area contributed by atoms with Crippen LogP contribution in [0.5, 0.6) is 0 Å². The SMILES string of the molecule is O=C(NCC#Cc1ccc(N2CCNC2=O)cc1)c1cccc(F)c1. The van der Waals surface area contributed by atoms with Crippen LogP contribution in [0.15, 0.2) is 48.5 Å². The van der Waals surface area contributed by atoms with E-state index < -0.39 is 5.82 Å². The first kappa shape index (κ1) is 16.5. The molecule has 2 N–H and O–H groups in total. The molecule has 0 radical (unpaired) electrons. The number of urea groups is 1. The minimum absolute atomic E-state index is 0.0982. The topological polar surface area (TPSA) is 61.4 Å². The van der Waals surface area contributed by atoms with Crippen LogP contribution in [-0.2, 0) is 0 Å². The van der Waals surface area contributed by atoms with Crippen molar-refractivity contribution in [1.29, 1.82) is 0 Å². The van der Waals surface area contributed by atoms with Crippen LogP contribution in [0.25, 0.3) is 0 Å². The number of rotatable bonds is 3. The number of carbonyl (C=O) groups is 2. The summed E-state index contributed by atoms with van der Waals surface area (Å²) in [5.74, 6) is 4.96. The average molecular weight is 337 g/mol. The van der Waals surface area contributed by atoms with E-state index in [4.69, 9.17) is 0 Å². The van der Waals surface area contributed by atoms with E-state index in [-0.39, 0.29) is 24.0 Å². The summed E-state index contributed by atoms with van der Waals surface area (Å²) in [4.78, 5) is 25.1. The molecule has 3 amide bonds. The summed E-state index contributed by atoms with van der Waals surface area (Å²) in [6.07, 6.45) is 0. The summed E-state index contributed by atoms with van der Waals surface area (Å²) in [6.45, 7) is 1.45. The third-order valence-electron chi connectivity index (χ3n) is 3.69. The van der Waals surface area contributed by atoms with Gasteiger partial charge in [0.25, 0.3) is 5.91 Å². The zero-order chi connectivity index (χ0) is 17.6. The van der Waals surface area contributed by atoms with E-state index in [9.17, 15) is 14.0 Å². The molecule has 1 fully saturated rings. The molecular formula is C19H16FN3O2. The second-order valence-corrected chi connectivity index (χ2v) is 5.43. The second kappa shape index (κ2) is 7.49. The van der Waals surface area contributed by atoms with Gasteiger partial charge in [-0.2, -0.15) is 0 Å². The molecule has 2 aromatic rings. The lowest BCUT2D eigenvalue weighted by Crippen LogP contribution is -2.27. The summed E-state index contributed by atoms with van der Waals surface area (Å²) in [6, 6.07) is 12.7. The van der Waals surface area contributed by atoms with Crippen LogP contribution < -0.4 is 15.5 Å². The fraction of sp³-hybridized carbons (Fsp3) is 0.158.